The number of pyridine rings is 1. The average molecular weight is 902 g/mol. The molecule has 1 aliphatic heterocycles. The predicted molar refractivity (Wildman–Crippen MR) is 225 cm³/mol. The van der Waals surface area contributed by atoms with Gasteiger partial charge in [0.25, 0.3) is 0 Å². The molecule has 0 radical (unpaired) electrons. The van der Waals surface area contributed by atoms with Gasteiger partial charge in [-0.15, -0.1) is 40.8 Å². The van der Waals surface area contributed by atoms with Gasteiger partial charge in [0.1, 0.15) is 18.2 Å². The van der Waals surface area contributed by atoms with Crippen LogP contribution in [0.25, 0.3) is 66.2 Å². The van der Waals surface area contributed by atoms with Crippen LogP contribution >= 0.6 is 0 Å². The van der Waals surface area contributed by atoms with E-state index in [4.69, 9.17) is 14.7 Å². The number of fused-ring (bicyclic) bond motifs is 6. The quantitative estimate of drug-likeness (QED) is 0.165. The second-order valence-corrected chi connectivity index (χ2v) is 17.4. The maximum Gasteiger partial charge on any atom is 2.00 e. The van der Waals surface area contributed by atoms with E-state index in [0.717, 1.165) is 55.5 Å². The van der Waals surface area contributed by atoms with Crippen molar-refractivity contribution in [2.24, 2.45) is 10.4 Å². The molecule has 0 fully saturated rings. The SMILES string of the molecule is Cc1ccc2c(c1)c1cc(C)c(-n3c4ccc(-c5ccccc5)cc4c4cccnc43)[c-]c1n2-c1[c-]c(C2=N[C@](C)(C(C)(C)C)CO2)cc(C(C)(C)C)c1.[Pt+2]. The summed E-state index contributed by atoms with van der Waals surface area (Å²) in [6.07, 6.45) is 1.89. The summed E-state index contributed by atoms with van der Waals surface area (Å²) in [7, 11) is 0. The normalized spacial score (nSPS) is 16.2. The average Bonchev–Trinajstić information content (AvgIpc) is 3.81. The van der Waals surface area contributed by atoms with E-state index in [1.165, 1.54) is 33.0 Å². The van der Waals surface area contributed by atoms with Crippen molar-refractivity contribution in [2.45, 2.75) is 73.3 Å². The monoisotopic (exact) mass is 901 g/mol. The number of aromatic nitrogens is 3. The summed E-state index contributed by atoms with van der Waals surface area (Å²) in [6.45, 7) is 20.5. The van der Waals surface area contributed by atoms with Crippen LogP contribution in [0.2, 0.25) is 0 Å². The molecule has 0 saturated heterocycles. The number of nitrogens with zero attached hydrogens (tertiary/aromatic N) is 4. The first kappa shape index (κ1) is 37.0. The maximum atomic E-state index is 6.41. The first-order valence-corrected chi connectivity index (χ1v) is 18.9. The second-order valence-electron chi connectivity index (χ2n) is 17.4. The molecular weight excluding hydrogens is 856 g/mol. The first-order valence-electron chi connectivity index (χ1n) is 18.9. The van der Waals surface area contributed by atoms with Gasteiger partial charge in [-0.05, 0) is 77.2 Å². The molecule has 8 aromatic rings. The van der Waals surface area contributed by atoms with Crippen molar-refractivity contribution in [3.63, 3.8) is 0 Å². The molecule has 0 saturated carbocycles. The van der Waals surface area contributed by atoms with Crippen LogP contribution in [0, 0.1) is 31.4 Å². The smallest absolute Gasteiger partial charge is 0.518 e. The molecule has 1 atom stereocenters. The summed E-state index contributed by atoms with van der Waals surface area (Å²) in [4.78, 5) is 10.2. The third kappa shape index (κ3) is 6.03. The Morgan fingerprint density at radius 2 is 1.44 bits per heavy atom. The van der Waals surface area contributed by atoms with Crippen molar-refractivity contribution in [3.8, 4) is 22.5 Å². The summed E-state index contributed by atoms with van der Waals surface area (Å²) in [5.74, 6) is 0.656. The van der Waals surface area contributed by atoms with Crippen molar-refractivity contribution in [3.05, 3.63) is 138 Å². The zero-order chi connectivity index (χ0) is 37.7. The summed E-state index contributed by atoms with van der Waals surface area (Å²) < 4.78 is 11.0. The van der Waals surface area contributed by atoms with Crippen LogP contribution in [0.4, 0.5) is 0 Å². The van der Waals surface area contributed by atoms with Crippen LogP contribution in [0.5, 0.6) is 0 Å². The van der Waals surface area contributed by atoms with Crippen LogP contribution in [0.15, 0.2) is 108 Å². The Balaban J connectivity index is 0.00000427. The molecule has 5 nitrogen and oxygen atoms in total. The van der Waals surface area contributed by atoms with Crippen LogP contribution < -0.4 is 0 Å². The van der Waals surface area contributed by atoms with Crippen molar-refractivity contribution in [1.82, 2.24) is 14.1 Å². The summed E-state index contributed by atoms with van der Waals surface area (Å²) >= 11 is 0. The van der Waals surface area contributed by atoms with E-state index in [9.17, 15) is 0 Å². The molecule has 1 aliphatic rings. The van der Waals surface area contributed by atoms with E-state index in [0.29, 0.717) is 12.5 Å². The first-order chi connectivity index (χ1) is 25.7. The Labute approximate surface area is 338 Å². The minimum absolute atomic E-state index is 0. The topological polar surface area (TPSA) is 44.3 Å². The Kier molecular flexibility index (Phi) is 8.77. The molecular formula is C49H46N4OPt. The number of rotatable bonds is 4. The van der Waals surface area contributed by atoms with Gasteiger partial charge in [-0.1, -0.05) is 119 Å². The zero-order valence-electron chi connectivity index (χ0n) is 33.0. The van der Waals surface area contributed by atoms with Crippen molar-refractivity contribution in [1.29, 1.82) is 0 Å². The number of ether oxygens (including phenoxy) is 1. The molecule has 5 aromatic carbocycles. The minimum atomic E-state index is -0.336. The fourth-order valence-corrected chi connectivity index (χ4v) is 7.80. The molecule has 0 aliphatic carbocycles. The summed E-state index contributed by atoms with van der Waals surface area (Å²) in [6, 6.07) is 42.8. The van der Waals surface area contributed by atoms with Crippen molar-refractivity contribution >= 4 is 49.6 Å². The van der Waals surface area contributed by atoms with Gasteiger partial charge in [0, 0.05) is 22.5 Å². The number of hydrogen-bond donors (Lipinski definition) is 0. The van der Waals surface area contributed by atoms with Gasteiger partial charge in [-0.25, -0.2) is 4.98 Å². The maximum absolute atomic E-state index is 6.41. The molecule has 0 bridgehead atoms. The van der Waals surface area contributed by atoms with Crippen LogP contribution in [-0.2, 0) is 31.2 Å². The summed E-state index contributed by atoms with van der Waals surface area (Å²) in [5, 5.41) is 4.62. The van der Waals surface area contributed by atoms with Gasteiger partial charge in [0.15, 0.2) is 0 Å². The van der Waals surface area contributed by atoms with Crippen LogP contribution in [0.3, 0.4) is 0 Å². The Morgan fingerprint density at radius 3 is 2.16 bits per heavy atom. The molecule has 9 rings (SSSR count). The number of benzene rings is 5. The fourth-order valence-electron chi connectivity index (χ4n) is 7.80. The third-order valence-electron chi connectivity index (χ3n) is 11.6. The van der Waals surface area contributed by atoms with Gasteiger partial charge in [-0.3, -0.25) is 4.99 Å². The van der Waals surface area contributed by atoms with E-state index in [1.54, 1.807) is 0 Å². The molecule has 0 unspecified atom stereocenters. The van der Waals surface area contributed by atoms with Gasteiger partial charge < -0.3 is 13.9 Å². The molecule has 0 N–H and O–H groups in total. The van der Waals surface area contributed by atoms with E-state index < -0.39 is 0 Å². The van der Waals surface area contributed by atoms with Crippen molar-refractivity contribution in [2.75, 3.05) is 6.61 Å². The van der Waals surface area contributed by atoms with E-state index in [1.807, 2.05) is 12.3 Å². The zero-order valence-corrected chi connectivity index (χ0v) is 35.3. The van der Waals surface area contributed by atoms with Gasteiger partial charge in [0.2, 0.25) is 0 Å². The number of aliphatic imine (C=N–C) groups is 1. The number of hydrogen-bond acceptors (Lipinski definition) is 3. The van der Waals surface area contributed by atoms with Crippen molar-refractivity contribution < 1.29 is 25.8 Å². The fraction of sp³-hybridized carbons (Fsp3) is 0.265. The summed E-state index contributed by atoms with van der Waals surface area (Å²) in [5.41, 5.74) is 12.3. The van der Waals surface area contributed by atoms with Crippen LogP contribution in [-0.4, -0.2) is 32.2 Å². The minimum Gasteiger partial charge on any atom is -0.518 e. The van der Waals surface area contributed by atoms with Gasteiger partial charge in [0.05, 0.1) is 11.1 Å². The molecule has 6 heteroatoms. The molecule has 55 heavy (non-hydrogen) atoms. The van der Waals surface area contributed by atoms with E-state index >= 15 is 0 Å². The predicted octanol–water partition coefficient (Wildman–Crippen LogP) is 12.0. The Hall–Kier alpha value is -4.99. The van der Waals surface area contributed by atoms with E-state index in [-0.39, 0.29) is 37.4 Å². The standard InChI is InChI=1S/C49H46N4O.Pt/c1-30-17-19-41-38(22-30)39-23-31(2)43(53-42-20-18-33(32-14-11-10-12-15-32)26-40(42)37-16-13-21-50-45(37)53)28-44(39)52(41)36-25-34(24-35(27-36)47(3,4)5)46-51-49(9,29-54-46)48(6,7)8;/h10-24,26-27H,29H2,1-9H3;/q-2;+2/t49-;/m0./s1. The molecule has 3 aromatic heterocycles. The Bertz CT molecular complexity index is 2830. The molecule has 0 spiro atoms. The van der Waals surface area contributed by atoms with Gasteiger partial charge >= 0.3 is 21.1 Å². The van der Waals surface area contributed by atoms with Gasteiger partial charge in [-0.2, -0.15) is 6.07 Å². The second kappa shape index (κ2) is 13.1. The third-order valence-corrected chi connectivity index (χ3v) is 11.6. The Morgan fingerprint density at radius 1 is 0.709 bits per heavy atom. The molecule has 0 amide bonds. The molecule has 4 heterocycles. The largest absolute Gasteiger partial charge is 2.00 e. The van der Waals surface area contributed by atoms with Crippen LogP contribution in [0.1, 0.15) is 70.7 Å². The van der Waals surface area contributed by atoms with E-state index in [2.05, 4.69) is 175 Å². The molecule has 278 valence electrons. The number of aryl methyl sites for hydroxylation is 2.